The van der Waals surface area contributed by atoms with Crippen molar-refractivity contribution < 1.29 is 4.79 Å². The Bertz CT molecular complexity index is 576. The van der Waals surface area contributed by atoms with Gasteiger partial charge in [-0.2, -0.15) is 0 Å². The van der Waals surface area contributed by atoms with Gasteiger partial charge in [0, 0.05) is 11.6 Å². The number of rotatable bonds is 2. The molecule has 0 bridgehead atoms. The lowest BCUT2D eigenvalue weighted by Gasteiger charge is -2.11. The molecule has 3 rings (SSSR count). The molecule has 0 spiro atoms. The van der Waals surface area contributed by atoms with Crippen LogP contribution in [0, 0.1) is 13.0 Å². The summed E-state index contributed by atoms with van der Waals surface area (Å²) in [6.45, 7) is 1.99. The molecule has 19 heavy (non-hydrogen) atoms. The Morgan fingerprint density at radius 3 is 2.42 bits per heavy atom. The fraction of sp³-hybridized carbons (Fsp3) is 0.235. The highest BCUT2D eigenvalue weighted by atomic mass is 16.1. The number of hydrogen-bond donors (Lipinski definition) is 1. The van der Waals surface area contributed by atoms with E-state index < -0.39 is 0 Å². The summed E-state index contributed by atoms with van der Waals surface area (Å²) in [5.74, 6) is -0.0298. The predicted molar refractivity (Wildman–Crippen MR) is 75.1 cm³/mol. The number of fused-ring (bicyclic) bond motifs is 1. The maximum atomic E-state index is 12.1. The monoisotopic (exact) mass is 250 g/mol. The van der Waals surface area contributed by atoms with Gasteiger partial charge in [-0.05, 0) is 43.0 Å². The van der Waals surface area contributed by atoms with Gasteiger partial charge in [-0.15, -0.1) is 0 Å². The smallest absolute Gasteiger partial charge is 0.252 e. The summed E-state index contributed by atoms with van der Waals surface area (Å²) in [6.07, 6.45) is 1.85. The van der Waals surface area contributed by atoms with Crippen molar-refractivity contribution in [3.8, 4) is 0 Å². The highest BCUT2D eigenvalue weighted by molar-refractivity contribution is 5.94. The SMILES string of the molecule is Cc1c[c]c(C(=O)NC2Cc3ccccc3C2)cc1. The predicted octanol–water partition coefficient (Wildman–Crippen LogP) is 2.69. The van der Waals surface area contributed by atoms with Crippen LogP contribution in [0.4, 0.5) is 0 Å². The van der Waals surface area contributed by atoms with E-state index in [0.717, 1.165) is 18.4 Å². The van der Waals surface area contributed by atoms with Crippen molar-refractivity contribution in [1.82, 2.24) is 5.32 Å². The van der Waals surface area contributed by atoms with Crippen LogP contribution in [0.15, 0.2) is 42.5 Å². The van der Waals surface area contributed by atoms with Crippen molar-refractivity contribution in [2.45, 2.75) is 25.8 Å². The third-order valence-electron chi connectivity index (χ3n) is 3.60. The molecule has 2 aromatic rings. The quantitative estimate of drug-likeness (QED) is 0.872. The minimum Gasteiger partial charge on any atom is -0.349 e. The van der Waals surface area contributed by atoms with Crippen LogP contribution < -0.4 is 5.32 Å². The van der Waals surface area contributed by atoms with E-state index in [2.05, 4.69) is 35.6 Å². The van der Waals surface area contributed by atoms with E-state index in [4.69, 9.17) is 0 Å². The Kier molecular flexibility index (Phi) is 3.08. The van der Waals surface area contributed by atoms with E-state index >= 15 is 0 Å². The second-order valence-electron chi connectivity index (χ2n) is 5.13. The second-order valence-corrected chi connectivity index (χ2v) is 5.13. The largest absolute Gasteiger partial charge is 0.349 e. The Morgan fingerprint density at radius 2 is 1.84 bits per heavy atom. The van der Waals surface area contributed by atoms with Gasteiger partial charge in [0.1, 0.15) is 0 Å². The van der Waals surface area contributed by atoms with Gasteiger partial charge in [0.25, 0.3) is 5.91 Å². The van der Waals surface area contributed by atoms with Crippen LogP contribution in [-0.4, -0.2) is 11.9 Å². The van der Waals surface area contributed by atoms with E-state index in [0.29, 0.717) is 5.56 Å². The summed E-state index contributed by atoms with van der Waals surface area (Å²) < 4.78 is 0. The van der Waals surface area contributed by atoms with Crippen molar-refractivity contribution in [2.24, 2.45) is 0 Å². The number of aryl methyl sites for hydroxylation is 1. The molecule has 0 unspecified atom stereocenters. The van der Waals surface area contributed by atoms with Gasteiger partial charge in [0.2, 0.25) is 0 Å². The lowest BCUT2D eigenvalue weighted by Crippen LogP contribution is -2.35. The van der Waals surface area contributed by atoms with Crippen LogP contribution >= 0.6 is 0 Å². The highest BCUT2D eigenvalue weighted by Gasteiger charge is 2.22. The van der Waals surface area contributed by atoms with Gasteiger partial charge >= 0.3 is 0 Å². The van der Waals surface area contributed by atoms with Crippen LogP contribution in [-0.2, 0) is 12.8 Å². The zero-order valence-corrected chi connectivity index (χ0v) is 10.9. The second kappa shape index (κ2) is 4.88. The summed E-state index contributed by atoms with van der Waals surface area (Å²) in [5, 5.41) is 3.09. The van der Waals surface area contributed by atoms with Crippen molar-refractivity contribution in [3.63, 3.8) is 0 Å². The first kappa shape index (κ1) is 12.0. The molecule has 1 aliphatic carbocycles. The maximum absolute atomic E-state index is 12.1. The zero-order chi connectivity index (χ0) is 13.2. The van der Waals surface area contributed by atoms with Gasteiger partial charge in [-0.3, -0.25) is 4.79 Å². The first-order valence-corrected chi connectivity index (χ1v) is 6.58. The fourth-order valence-electron chi connectivity index (χ4n) is 2.57. The number of benzene rings is 2. The van der Waals surface area contributed by atoms with E-state index in [9.17, 15) is 4.79 Å². The highest BCUT2D eigenvalue weighted by Crippen LogP contribution is 2.21. The summed E-state index contributed by atoms with van der Waals surface area (Å²) in [5.41, 5.74) is 4.42. The van der Waals surface area contributed by atoms with Crippen molar-refractivity contribution >= 4 is 5.91 Å². The maximum Gasteiger partial charge on any atom is 0.252 e. The third-order valence-corrected chi connectivity index (χ3v) is 3.60. The van der Waals surface area contributed by atoms with Crippen LogP contribution in [0.1, 0.15) is 27.0 Å². The van der Waals surface area contributed by atoms with Gasteiger partial charge in [0.05, 0.1) is 0 Å². The fourth-order valence-corrected chi connectivity index (χ4v) is 2.57. The molecule has 2 nitrogen and oxygen atoms in total. The minimum absolute atomic E-state index is 0.0298. The first-order chi connectivity index (χ1) is 9.22. The number of nitrogens with one attached hydrogen (secondary N) is 1. The third kappa shape index (κ3) is 2.53. The van der Waals surface area contributed by atoms with Gasteiger partial charge in [0.15, 0.2) is 0 Å². The van der Waals surface area contributed by atoms with Crippen LogP contribution in [0.2, 0.25) is 0 Å². The molecule has 0 saturated heterocycles. The van der Waals surface area contributed by atoms with E-state index in [1.807, 2.05) is 25.1 Å². The molecule has 1 amide bonds. The Hall–Kier alpha value is -2.09. The normalized spacial score (nSPS) is 14.2. The minimum atomic E-state index is -0.0298. The molecule has 1 radical (unpaired) electrons. The molecule has 0 aromatic heterocycles. The molecule has 0 saturated carbocycles. The average molecular weight is 250 g/mol. The number of carbonyl (C=O) groups excluding carboxylic acids is 1. The summed E-state index contributed by atoms with van der Waals surface area (Å²) >= 11 is 0. The zero-order valence-electron chi connectivity index (χ0n) is 10.9. The van der Waals surface area contributed by atoms with Crippen LogP contribution in [0.3, 0.4) is 0 Å². The summed E-state index contributed by atoms with van der Waals surface area (Å²) in [4.78, 5) is 12.1. The molecular weight excluding hydrogens is 234 g/mol. The molecule has 1 aliphatic rings. The topological polar surface area (TPSA) is 29.1 Å². The number of hydrogen-bond acceptors (Lipinski definition) is 1. The van der Waals surface area contributed by atoms with Crippen molar-refractivity contribution in [1.29, 1.82) is 0 Å². The molecule has 0 heterocycles. The van der Waals surface area contributed by atoms with E-state index in [-0.39, 0.29) is 11.9 Å². The van der Waals surface area contributed by atoms with Gasteiger partial charge < -0.3 is 5.32 Å². The number of carbonyl (C=O) groups is 1. The van der Waals surface area contributed by atoms with Gasteiger partial charge in [-0.25, -0.2) is 0 Å². The standard InChI is InChI=1S/C17H16NO/c1-12-6-8-13(9-7-12)17(19)18-16-10-14-4-2-3-5-15(14)11-16/h2-8,16H,10-11H2,1H3,(H,18,19). The molecule has 0 fully saturated rings. The summed E-state index contributed by atoms with van der Waals surface area (Å²) in [7, 11) is 0. The average Bonchev–Trinajstić information content (AvgIpc) is 2.81. The molecular formula is C17H16NO. The molecule has 0 aliphatic heterocycles. The Balaban J connectivity index is 1.67. The molecule has 1 N–H and O–H groups in total. The van der Waals surface area contributed by atoms with Crippen molar-refractivity contribution in [2.75, 3.05) is 0 Å². The lowest BCUT2D eigenvalue weighted by molar-refractivity contribution is 0.0938. The van der Waals surface area contributed by atoms with E-state index in [1.54, 1.807) is 0 Å². The van der Waals surface area contributed by atoms with Crippen molar-refractivity contribution in [3.05, 3.63) is 70.8 Å². The molecule has 2 heteroatoms. The Morgan fingerprint density at radius 1 is 1.16 bits per heavy atom. The summed E-state index contributed by atoms with van der Waals surface area (Å²) in [6, 6.07) is 17.2. The van der Waals surface area contributed by atoms with Crippen LogP contribution in [0.5, 0.6) is 0 Å². The van der Waals surface area contributed by atoms with E-state index in [1.165, 1.54) is 11.1 Å². The Labute approximate surface area is 113 Å². The molecule has 95 valence electrons. The first-order valence-electron chi connectivity index (χ1n) is 6.58. The number of amides is 1. The molecule has 0 atom stereocenters. The van der Waals surface area contributed by atoms with Crippen LogP contribution in [0.25, 0.3) is 0 Å². The van der Waals surface area contributed by atoms with Gasteiger partial charge in [-0.1, -0.05) is 42.0 Å². The lowest BCUT2D eigenvalue weighted by atomic mass is 10.1. The molecule has 2 aromatic carbocycles.